The minimum Gasteiger partial charge on any atom is -0.395 e. The minimum atomic E-state index is -4.47. The molecular weight excluding hydrogens is 455 g/mol. The summed E-state index contributed by atoms with van der Waals surface area (Å²) in [7, 11) is -4.47. The minimum absolute atomic E-state index is 0.267. The predicted octanol–water partition coefficient (Wildman–Crippen LogP) is 7.90. The second kappa shape index (κ2) is 9.73. The summed E-state index contributed by atoms with van der Waals surface area (Å²) in [5.41, 5.74) is 3.11. The van der Waals surface area contributed by atoms with Crippen LogP contribution in [0.4, 0.5) is 0 Å². The smallest absolute Gasteiger partial charge is 0.395 e. The molecule has 0 amide bonds. The van der Waals surface area contributed by atoms with E-state index in [0.29, 0.717) is 5.75 Å². The fourth-order valence-electron chi connectivity index (χ4n) is 4.54. The summed E-state index contributed by atoms with van der Waals surface area (Å²) in [6.07, 6.45) is 0. The van der Waals surface area contributed by atoms with E-state index >= 15 is 0 Å². The number of rotatable bonds is 8. The maximum absolute atomic E-state index is 13.1. The Morgan fingerprint density at radius 1 is 0.600 bits per heavy atom. The maximum atomic E-state index is 13.1. The van der Waals surface area contributed by atoms with Crippen LogP contribution in [0.2, 0.25) is 0 Å². The van der Waals surface area contributed by atoms with Crippen molar-refractivity contribution in [3.63, 3.8) is 0 Å². The van der Waals surface area contributed by atoms with Crippen molar-refractivity contribution in [2.45, 2.75) is 38.5 Å². The summed E-state index contributed by atoms with van der Waals surface area (Å²) in [6, 6.07) is 34.5. The van der Waals surface area contributed by atoms with Crippen LogP contribution in [0.5, 0.6) is 11.5 Å². The first kappa shape index (κ1) is 24.8. The summed E-state index contributed by atoms with van der Waals surface area (Å²) in [5, 5.41) is 0. The van der Waals surface area contributed by atoms with E-state index in [4.69, 9.17) is 9.05 Å². The highest BCUT2D eigenvalue weighted by atomic mass is 31.2. The maximum Gasteiger partial charge on any atom is 0.584 e. The SMILES string of the molecule is CC(C)(c1ccccc1)c1cccc(OP(=O)(O)Oc2ccccc2)c1C(C)(C)c1ccccc1. The zero-order chi connectivity index (χ0) is 25.1. The Labute approximate surface area is 207 Å². The van der Waals surface area contributed by atoms with Crippen LogP contribution in [0.3, 0.4) is 0 Å². The number of phosphoric acid groups is 1. The lowest BCUT2D eigenvalue weighted by molar-refractivity contribution is 0.288. The highest BCUT2D eigenvalue weighted by Crippen LogP contribution is 2.51. The van der Waals surface area contributed by atoms with Crippen molar-refractivity contribution in [3.8, 4) is 11.5 Å². The first-order valence-corrected chi connectivity index (χ1v) is 13.1. The van der Waals surface area contributed by atoms with Crippen molar-refractivity contribution in [2.24, 2.45) is 0 Å². The van der Waals surface area contributed by atoms with Gasteiger partial charge in [0.25, 0.3) is 0 Å². The molecule has 5 heteroatoms. The summed E-state index contributed by atoms with van der Waals surface area (Å²) >= 11 is 0. The van der Waals surface area contributed by atoms with Crippen LogP contribution in [0.1, 0.15) is 49.9 Å². The van der Waals surface area contributed by atoms with E-state index in [0.717, 1.165) is 22.3 Å². The molecule has 4 rings (SSSR count). The number of para-hydroxylation sites is 1. The van der Waals surface area contributed by atoms with Gasteiger partial charge in [0.2, 0.25) is 0 Å². The number of benzene rings is 4. The Morgan fingerprint density at radius 3 is 1.63 bits per heavy atom. The quantitative estimate of drug-likeness (QED) is 0.257. The van der Waals surface area contributed by atoms with Crippen LogP contribution in [-0.2, 0) is 15.4 Å². The highest BCUT2D eigenvalue weighted by Gasteiger charge is 2.38. The molecule has 4 aromatic carbocycles. The van der Waals surface area contributed by atoms with Crippen LogP contribution >= 0.6 is 7.82 Å². The normalized spacial score (nSPS) is 13.6. The lowest BCUT2D eigenvalue weighted by Gasteiger charge is -2.36. The molecule has 0 saturated heterocycles. The molecule has 0 aliphatic carbocycles. The Balaban J connectivity index is 1.87. The van der Waals surface area contributed by atoms with Gasteiger partial charge in [-0.25, -0.2) is 4.57 Å². The lowest BCUT2D eigenvalue weighted by Crippen LogP contribution is -2.29. The Kier molecular flexibility index (Phi) is 6.89. The zero-order valence-corrected chi connectivity index (χ0v) is 21.4. The van der Waals surface area contributed by atoms with Crippen molar-refractivity contribution in [2.75, 3.05) is 0 Å². The Bertz CT molecular complexity index is 1320. The molecule has 1 atom stereocenters. The van der Waals surface area contributed by atoms with Crippen molar-refractivity contribution in [1.82, 2.24) is 0 Å². The first-order valence-electron chi connectivity index (χ1n) is 11.6. The summed E-state index contributed by atoms with van der Waals surface area (Å²) in [6.45, 7) is 8.53. The Hall–Kier alpha value is -3.33. The van der Waals surface area contributed by atoms with Gasteiger partial charge >= 0.3 is 7.82 Å². The van der Waals surface area contributed by atoms with Gasteiger partial charge in [0.15, 0.2) is 0 Å². The van der Waals surface area contributed by atoms with E-state index in [1.54, 1.807) is 30.3 Å². The molecule has 0 aromatic heterocycles. The third kappa shape index (κ3) is 5.35. The van der Waals surface area contributed by atoms with Gasteiger partial charge in [-0.2, -0.15) is 0 Å². The van der Waals surface area contributed by atoms with E-state index in [-0.39, 0.29) is 5.75 Å². The van der Waals surface area contributed by atoms with Gasteiger partial charge in [-0.1, -0.05) is 119 Å². The fraction of sp³-hybridized carbons (Fsp3) is 0.200. The molecule has 0 aliphatic rings. The molecule has 0 saturated carbocycles. The van der Waals surface area contributed by atoms with Gasteiger partial charge in [-0.15, -0.1) is 0 Å². The molecule has 180 valence electrons. The van der Waals surface area contributed by atoms with E-state index in [1.807, 2.05) is 48.5 Å². The molecule has 35 heavy (non-hydrogen) atoms. The molecule has 0 aliphatic heterocycles. The molecule has 1 N–H and O–H groups in total. The van der Waals surface area contributed by atoms with Gasteiger partial charge in [-0.3, -0.25) is 4.89 Å². The molecule has 0 spiro atoms. The van der Waals surface area contributed by atoms with Crippen LogP contribution in [0, 0.1) is 0 Å². The van der Waals surface area contributed by atoms with Crippen LogP contribution < -0.4 is 9.05 Å². The lowest BCUT2D eigenvalue weighted by atomic mass is 9.68. The standard InChI is InChI=1S/C30H31O4P/c1-29(2,23-15-8-5-9-16-23)26-21-14-22-27(28(26)30(3,4)24-17-10-6-11-18-24)34-35(31,32)33-25-19-12-7-13-20-25/h5-22H,1-4H3,(H,31,32). The second-order valence-electron chi connectivity index (χ2n) is 9.62. The topological polar surface area (TPSA) is 55.8 Å². The van der Waals surface area contributed by atoms with Crippen LogP contribution in [0.15, 0.2) is 109 Å². The third-order valence-corrected chi connectivity index (χ3v) is 7.36. The molecule has 1 unspecified atom stereocenters. The van der Waals surface area contributed by atoms with Crippen molar-refractivity contribution in [3.05, 3.63) is 131 Å². The van der Waals surface area contributed by atoms with E-state index in [1.165, 1.54) is 0 Å². The predicted molar refractivity (Wildman–Crippen MR) is 141 cm³/mol. The van der Waals surface area contributed by atoms with Crippen molar-refractivity contribution < 1.29 is 18.5 Å². The summed E-state index contributed by atoms with van der Waals surface area (Å²) in [5.74, 6) is 0.588. The second-order valence-corrected chi connectivity index (χ2v) is 10.9. The van der Waals surface area contributed by atoms with Crippen LogP contribution in [-0.4, -0.2) is 4.89 Å². The number of hydrogen-bond acceptors (Lipinski definition) is 3. The van der Waals surface area contributed by atoms with E-state index in [2.05, 4.69) is 58.0 Å². The molecule has 0 heterocycles. The third-order valence-electron chi connectivity index (χ3n) is 6.49. The van der Waals surface area contributed by atoms with Gasteiger partial charge in [0.05, 0.1) is 0 Å². The van der Waals surface area contributed by atoms with Crippen LogP contribution in [0.25, 0.3) is 0 Å². The van der Waals surface area contributed by atoms with Crippen molar-refractivity contribution in [1.29, 1.82) is 0 Å². The van der Waals surface area contributed by atoms with E-state index in [9.17, 15) is 9.46 Å². The molecule has 4 aromatic rings. The fourth-order valence-corrected chi connectivity index (χ4v) is 5.37. The van der Waals surface area contributed by atoms with Gasteiger partial charge < -0.3 is 9.05 Å². The highest BCUT2D eigenvalue weighted by molar-refractivity contribution is 7.48. The number of phosphoric ester groups is 1. The average Bonchev–Trinajstić information content (AvgIpc) is 2.85. The molecule has 0 radical (unpaired) electrons. The van der Waals surface area contributed by atoms with Gasteiger partial charge in [0.1, 0.15) is 11.5 Å². The summed E-state index contributed by atoms with van der Waals surface area (Å²) < 4.78 is 24.3. The monoisotopic (exact) mass is 486 g/mol. The van der Waals surface area contributed by atoms with E-state index < -0.39 is 18.7 Å². The van der Waals surface area contributed by atoms with Crippen molar-refractivity contribution >= 4 is 7.82 Å². The molecule has 0 bridgehead atoms. The Morgan fingerprint density at radius 2 is 1.09 bits per heavy atom. The zero-order valence-electron chi connectivity index (χ0n) is 20.5. The molecule has 4 nitrogen and oxygen atoms in total. The molecular formula is C30H31O4P. The first-order chi connectivity index (χ1) is 16.6. The average molecular weight is 487 g/mol. The largest absolute Gasteiger partial charge is 0.584 e. The number of hydrogen-bond donors (Lipinski definition) is 1. The molecule has 0 fully saturated rings. The summed E-state index contributed by atoms with van der Waals surface area (Å²) in [4.78, 5) is 10.7. The van der Waals surface area contributed by atoms with Gasteiger partial charge in [-0.05, 0) is 34.9 Å². The van der Waals surface area contributed by atoms with Gasteiger partial charge in [0, 0.05) is 16.4 Å².